The predicted octanol–water partition coefficient (Wildman–Crippen LogP) is 2.54. The topological polar surface area (TPSA) is 54.6 Å². The second kappa shape index (κ2) is 5.20. The van der Waals surface area contributed by atoms with Crippen LogP contribution in [-0.4, -0.2) is 30.5 Å². The Labute approximate surface area is 118 Å². The van der Waals surface area contributed by atoms with Crippen LogP contribution in [0.4, 0.5) is 0 Å². The summed E-state index contributed by atoms with van der Waals surface area (Å²) in [6.45, 7) is 5.70. The minimum atomic E-state index is -0.742. The lowest BCUT2D eigenvalue weighted by Gasteiger charge is -2.23. The maximum Gasteiger partial charge on any atom is 0.134 e. The van der Waals surface area contributed by atoms with Gasteiger partial charge in [-0.1, -0.05) is 18.2 Å². The van der Waals surface area contributed by atoms with E-state index in [-0.39, 0.29) is 6.04 Å². The number of aryl methyl sites for hydroxylation is 1. The Morgan fingerprint density at radius 2 is 2.20 bits per heavy atom. The number of nitrogens with one attached hydrogen (secondary N) is 1. The van der Waals surface area contributed by atoms with E-state index in [0.717, 1.165) is 22.3 Å². The van der Waals surface area contributed by atoms with Gasteiger partial charge in [0.25, 0.3) is 0 Å². The zero-order valence-electron chi connectivity index (χ0n) is 12.0. The van der Waals surface area contributed by atoms with Crippen LogP contribution < -0.4 is 5.32 Å². The number of furan rings is 1. The first kappa shape index (κ1) is 13.6. The number of fused-ring (bicyclic) bond motifs is 1. The smallest absolute Gasteiger partial charge is 0.134 e. The molecule has 0 aliphatic carbocycles. The zero-order valence-corrected chi connectivity index (χ0v) is 12.0. The van der Waals surface area contributed by atoms with Crippen LogP contribution in [-0.2, 0) is 4.74 Å². The summed E-state index contributed by atoms with van der Waals surface area (Å²) >= 11 is 0. The van der Waals surface area contributed by atoms with E-state index in [0.29, 0.717) is 26.2 Å². The molecule has 1 aliphatic rings. The van der Waals surface area contributed by atoms with Crippen LogP contribution in [0.5, 0.6) is 0 Å². The molecule has 2 heterocycles. The lowest BCUT2D eigenvalue weighted by molar-refractivity contribution is 0.0247. The van der Waals surface area contributed by atoms with Crippen molar-refractivity contribution in [3.8, 4) is 0 Å². The highest BCUT2D eigenvalue weighted by Crippen LogP contribution is 2.29. The molecule has 0 saturated carbocycles. The van der Waals surface area contributed by atoms with Crippen LogP contribution >= 0.6 is 0 Å². The van der Waals surface area contributed by atoms with Gasteiger partial charge < -0.3 is 19.6 Å². The van der Waals surface area contributed by atoms with Gasteiger partial charge in [-0.2, -0.15) is 0 Å². The van der Waals surface area contributed by atoms with Crippen LogP contribution in [0.25, 0.3) is 11.0 Å². The molecule has 1 saturated heterocycles. The standard InChI is InChI=1S/C16H21NO3/c1-11-13-5-3-4-6-14(13)20-15(11)12(2)17-9-16(18)7-8-19-10-16/h3-6,12,17-18H,7-10H2,1-2H3/t12-,16+/m1/s1. The van der Waals surface area contributed by atoms with Gasteiger partial charge in [0, 0.05) is 25.0 Å². The van der Waals surface area contributed by atoms with E-state index >= 15 is 0 Å². The highest BCUT2D eigenvalue weighted by atomic mass is 16.5. The van der Waals surface area contributed by atoms with Crippen LogP contribution in [0.1, 0.15) is 30.7 Å². The zero-order chi connectivity index (χ0) is 14.2. The normalized spacial score (nSPS) is 24.4. The molecule has 2 N–H and O–H groups in total. The molecule has 4 nitrogen and oxygen atoms in total. The van der Waals surface area contributed by atoms with E-state index in [4.69, 9.17) is 9.15 Å². The SMILES string of the molecule is Cc1c([C@@H](C)NC[C@@]2(O)CCOC2)oc2ccccc12. The lowest BCUT2D eigenvalue weighted by Crippen LogP contribution is -2.41. The van der Waals surface area contributed by atoms with Gasteiger partial charge in [0.2, 0.25) is 0 Å². The third-order valence-corrected chi connectivity index (χ3v) is 4.09. The van der Waals surface area contributed by atoms with Crippen molar-refractivity contribution in [1.82, 2.24) is 5.32 Å². The monoisotopic (exact) mass is 275 g/mol. The Kier molecular flexibility index (Phi) is 3.54. The predicted molar refractivity (Wildman–Crippen MR) is 77.8 cm³/mol. The van der Waals surface area contributed by atoms with Crippen LogP contribution in [0.2, 0.25) is 0 Å². The molecule has 1 fully saturated rings. The highest BCUT2D eigenvalue weighted by Gasteiger charge is 2.32. The van der Waals surface area contributed by atoms with E-state index in [9.17, 15) is 5.11 Å². The Morgan fingerprint density at radius 1 is 1.40 bits per heavy atom. The molecule has 0 amide bonds. The van der Waals surface area contributed by atoms with Crippen molar-refractivity contribution in [2.24, 2.45) is 0 Å². The molecule has 4 heteroatoms. The van der Waals surface area contributed by atoms with Crippen molar-refractivity contribution >= 4 is 11.0 Å². The Morgan fingerprint density at radius 3 is 2.90 bits per heavy atom. The molecule has 1 aromatic carbocycles. The largest absolute Gasteiger partial charge is 0.459 e. The number of hydrogen-bond acceptors (Lipinski definition) is 4. The third kappa shape index (κ3) is 2.46. The van der Waals surface area contributed by atoms with E-state index in [1.165, 1.54) is 0 Å². The number of para-hydroxylation sites is 1. The summed E-state index contributed by atoms with van der Waals surface area (Å²) in [5, 5.41) is 14.8. The Balaban J connectivity index is 1.75. The van der Waals surface area contributed by atoms with Gasteiger partial charge in [-0.3, -0.25) is 0 Å². The van der Waals surface area contributed by atoms with E-state index in [1.54, 1.807) is 0 Å². The Hall–Kier alpha value is -1.36. The van der Waals surface area contributed by atoms with Crippen LogP contribution in [0.15, 0.2) is 28.7 Å². The molecule has 0 unspecified atom stereocenters. The van der Waals surface area contributed by atoms with E-state index < -0.39 is 5.60 Å². The Bertz CT molecular complexity index is 599. The van der Waals surface area contributed by atoms with Crippen molar-refractivity contribution in [2.45, 2.75) is 31.9 Å². The first-order valence-corrected chi connectivity index (χ1v) is 7.11. The van der Waals surface area contributed by atoms with E-state index in [1.807, 2.05) is 18.2 Å². The van der Waals surface area contributed by atoms with Gasteiger partial charge in [-0.15, -0.1) is 0 Å². The second-order valence-corrected chi connectivity index (χ2v) is 5.72. The molecule has 0 spiro atoms. The number of rotatable bonds is 4. The maximum atomic E-state index is 10.3. The van der Waals surface area contributed by atoms with Gasteiger partial charge >= 0.3 is 0 Å². The summed E-state index contributed by atoms with van der Waals surface area (Å²) in [5.41, 5.74) is 1.33. The molecule has 3 rings (SSSR count). The van der Waals surface area contributed by atoms with Gasteiger partial charge in [-0.05, 0) is 25.5 Å². The molecule has 108 valence electrons. The fourth-order valence-corrected chi connectivity index (χ4v) is 2.78. The average Bonchev–Trinajstić information content (AvgIpc) is 3.02. The van der Waals surface area contributed by atoms with Crippen molar-refractivity contribution in [1.29, 1.82) is 0 Å². The average molecular weight is 275 g/mol. The maximum absolute atomic E-state index is 10.3. The first-order chi connectivity index (χ1) is 9.59. The number of aliphatic hydroxyl groups is 1. The van der Waals surface area contributed by atoms with Crippen molar-refractivity contribution in [3.63, 3.8) is 0 Å². The molecule has 0 radical (unpaired) electrons. The van der Waals surface area contributed by atoms with Crippen molar-refractivity contribution < 1.29 is 14.3 Å². The molecule has 2 aromatic rings. The quantitative estimate of drug-likeness (QED) is 0.900. The second-order valence-electron chi connectivity index (χ2n) is 5.72. The number of hydrogen-bond donors (Lipinski definition) is 2. The van der Waals surface area contributed by atoms with Gasteiger partial charge in [-0.25, -0.2) is 0 Å². The summed E-state index contributed by atoms with van der Waals surface area (Å²) in [5.74, 6) is 0.939. The van der Waals surface area contributed by atoms with Gasteiger partial charge in [0.15, 0.2) is 0 Å². The lowest BCUT2D eigenvalue weighted by atomic mass is 10.0. The van der Waals surface area contributed by atoms with Gasteiger partial charge in [0.1, 0.15) is 16.9 Å². The molecule has 20 heavy (non-hydrogen) atoms. The molecule has 2 atom stereocenters. The molecule has 1 aliphatic heterocycles. The molecule has 0 bridgehead atoms. The van der Waals surface area contributed by atoms with Gasteiger partial charge in [0.05, 0.1) is 12.6 Å². The first-order valence-electron chi connectivity index (χ1n) is 7.11. The summed E-state index contributed by atoms with van der Waals surface area (Å²) in [7, 11) is 0. The minimum absolute atomic E-state index is 0.0621. The summed E-state index contributed by atoms with van der Waals surface area (Å²) in [6.07, 6.45) is 0.686. The highest BCUT2D eigenvalue weighted by molar-refractivity contribution is 5.82. The van der Waals surface area contributed by atoms with Crippen LogP contribution in [0.3, 0.4) is 0 Å². The summed E-state index contributed by atoms with van der Waals surface area (Å²) in [6, 6.07) is 8.11. The van der Waals surface area contributed by atoms with Crippen molar-refractivity contribution in [3.05, 3.63) is 35.6 Å². The fourth-order valence-electron chi connectivity index (χ4n) is 2.78. The molecule has 1 aromatic heterocycles. The number of benzene rings is 1. The summed E-state index contributed by atoms with van der Waals surface area (Å²) in [4.78, 5) is 0. The van der Waals surface area contributed by atoms with Crippen LogP contribution in [0, 0.1) is 6.92 Å². The fraction of sp³-hybridized carbons (Fsp3) is 0.500. The molecular formula is C16H21NO3. The molecular weight excluding hydrogens is 254 g/mol. The van der Waals surface area contributed by atoms with Crippen molar-refractivity contribution in [2.75, 3.05) is 19.8 Å². The van der Waals surface area contributed by atoms with E-state index in [2.05, 4.69) is 25.2 Å². The number of ether oxygens (including phenoxy) is 1. The summed E-state index contributed by atoms with van der Waals surface area (Å²) < 4.78 is 11.2. The minimum Gasteiger partial charge on any atom is -0.459 e. The third-order valence-electron chi connectivity index (χ3n) is 4.09.